The van der Waals surface area contributed by atoms with Gasteiger partial charge in [0.1, 0.15) is 0 Å². The zero-order valence-electron chi connectivity index (χ0n) is 11.8. The van der Waals surface area contributed by atoms with E-state index in [2.05, 4.69) is 31.1 Å². The first-order valence-corrected chi connectivity index (χ1v) is 7.06. The molecule has 0 unspecified atom stereocenters. The van der Waals surface area contributed by atoms with Crippen molar-refractivity contribution in [2.24, 2.45) is 5.41 Å². The van der Waals surface area contributed by atoms with E-state index < -0.39 is 0 Å². The average molecular weight is 242 g/mol. The number of aliphatic hydroxyl groups is 1. The van der Waals surface area contributed by atoms with Gasteiger partial charge in [-0.25, -0.2) is 0 Å². The van der Waals surface area contributed by atoms with Gasteiger partial charge in [0.05, 0.1) is 0 Å². The SMILES string of the molecule is CN(CCCCCO)CC(C)(C)CNC1CC1. The second kappa shape index (κ2) is 7.34. The lowest BCUT2D eigenvalue weighted by atomic mass is 9.92. The number of hydrogen-bond acceptors (Lipinski definition) is 3. The van der Waals surface area contributed by atoms with Gasteiger partial charge in [-0.2, -0.15) is 0 Å². The summed E-state index contributed by atoms with van der Waals surface area (Å²) < 4.78 is 0. The number of unbranched alkanes of at least 4 members (excludes halogenated alkanes) is 2. The molecule has 0 spiro atoms. The first kappa shape index (κ1) is 14.9. The van der Waals surface area contributed by atoms with Gasteiger partial charge >= 0.3 is 0 Å². The zero-order chi connectivity index (χ0) is 12.7. The van der Waals surface area contributed by atoms with E-state index >= 15 is 0 Å². The highest BCUT2D eigenvalue weighted by atomic mass is 16.2. The number of aliphatic hydroxyl groups excluding tert-OH is 1. The van der Waals surface area contributed by atoms with Crippen LogP contribution in [0.5, 0.6) is 0 Å². The van der Waals surface area contributed by atoms with Gasteiger partial charge in [0.15, 0.2) is 0 Å². The Morgan fingerprint density at radius 3 is 2.53 bits per heavy atom. The van der Waals surface area contributed by atoms with Crippen molar-refractivity contribution < 1.29 is 5.11 Å². The van der Waals surface area contributed by atoms with Crippen molar-refractivity contribution in [3.63, 3.8) is 0 Å². The molecule has 0 aliphatic heterocycles. The highest BCUT2D eigenvalue weighted by Gasteiger charge is 2.25. The molecule has 3 nitrogen and oxygen atoms in total. The Hall–Kier alpha value is -0.120. The summed E-state index contributed by atoms with van der Waals surface area (Å²) in [6, 6.07) is 0.809. The van der Waals surface area contributed by atoms with Crippen molar-refractivity contribution in [1.82, 2.24) is 10.2 Å². The van der Waals surface area contributed by atoms with Gasteiger partial charge in [-0.3, -0.25) is 0 Å². The summed E-state index contributed by atoms with van der Waals surface area (Å²) in [7, 11) is 2.21. The molecule has 0 radical (unpaired) electrons. The van der Waals surface area contributed by atoms with Gasteiger partial charge in [0.2, 0.25) is 0 Å². The maximum absolute atomic E-state index is 8.72. The van der Waals surface area contributed by atoms with Crippen LogP contribution in [0.25, 0.3) is 0 Å². The van der Waals surface area contributed by atoms with Crippen LogP contribution >= 0.6 is 0 Å². The van der Waals surface area contributed by atoms with Crippen LogP contribution in [-0.4, -0.2) is 49.3 Å². The molecule has 0 heterocycles. The van der Waals surface area contributed by atoms with Gasteiger partial charge < -0.3 is 15.3 Å². The normalized spacial score (nSPS) is 16.8. The van der Waals surface area contributed by atoms with Crippen LogP contribution < -0.4 is 5.32 Å². The summed E-state index contributed by atoms with van der Waals surface area (Å²) in [6.07, 6.45) is 6.02. The minimum absolute atomic E-state index is 0.334. The van der Waals surface area contributed by atoms with Crippen molar-refractivity contribution >= 4 is 0 Å². The Labute approximate surface area is 107 Å². The molecular weight excluding hydrogens is 212 g/mol. The molecule has 2 N–H and O–H groups in total. The van der Waals surface area contributed by atoms with Crippen LogP contribution in [0.4, 0.5) is 0 Å². The smallest absolute Gasteiger partial charge is 0.0431 e. The summed E-state index contributed by atoms with van der Waals surface area (Å²) in [5.74, 6) is 0. The fourth-order valence-corrected chi connectivity index (χ4v) is 2.24. The molecule has 0 atom stereocenters. The third-order valence-corrected chi connectivity index (χ3v) is 3.34. The highest BCUT2D eigenvalue weighted by molar-refractivity contribution is 4.84. The van der Waals surface area contributed by atoms with Gasteiger partial charge in [0, 0.05) is 25.7 Å². The minimum atomic E-state index is 0.334. The first-order valence-electron chi connectivity index (χ1n) is 7.06. The molecule has 1 fully saturated rings. The van der Waals surface area contributed by atoms with Gasteiger partial charge in [0.25, 0.3) is 0 Å². The van der Waals surface area contributed by atoms with Crippen LogP contribution in [-0.2, 0) is 0 Å². The van der Waals surface area contributed by atoms with Gasteiger partial charge in [-0.15, -0.1) is 0 Å². The number of nitrogens with one attached hydrogen (secondary N) is 1. The zero-order valence-corrected chi connectivity index (χ0v) is 11.8. The molecule has 1 aliphatic rings. The molecule has 0 saturated heterocycles. The predicted molar refractivity (Wildman–Crippen MR) is 73.2 cm³/mol. The van der Waals surface area contributed by atoms with E-state index in [1.165, 1.54) is 19.3 Å². The van der Waals surface area contributed by atoms with Crippen molar-refractivity contribution in [2.45, 2.75) is 52.0 Å². The van der Waals surface area contributed by atoms with Crippen molar-refractivity contribution in [3.8, 4) is 0 Å². The Kier molecular flexibility index (Phi) is 6.45. The largest absolute Gasteiger partial charge is 0.396 e. The van der Waals surface area contributed by atoms with Crippen LogP contribution in [0.3, 0.4) is 0 Å². The second-order valence-electron chi connectivity index (χ2n) is 6.34. The number of rotatable bonds is 10. The van der Waals surface area contributed by atoms with E-state index in [1.54, 1.807) is 0 Å². The molecule has 1 saturated carbocycles. The minimum Gasteiger partial charge on any atom is -0.396 e. The highest BCUT2D eigenvalue weighted by Crippen LogP contribution is 2.22. The average Bonchev–Trinajstić information content (AvgIpc) is 3.05. The Balaban J connectivity index is 2.06. The first-order chi connectivity index (χ1) is 8.03. The summed E-state index contributed by atoms with van der Waals surface area (Å²) in [4.78, 5) is 2.42. The third-order valence-electron chi connectivity index (χ3n) is 3.34. The molecule has 3 heteroatoms. The van der Waals surface area contributed by atoms with Gasteiger partial charge in [-0.1, -0.05) is 13.8 Å². The maximum atomic E-state index is 8.72. The topological polar surface area (TPSA) is 35.5 Å². The van der Waals surface area contributed by atoms with Gasteiger partial charge in [-0.05, 0) is 51.1 Å². The molecule has 1 rings (SSSR count). The van der Waals surface area contributed by atoms with E-state index in [9.17, 15) is 0 Å². The summed E-state index contributed by atoms with van der Waals surface area (Å²) >= 11 is 0. The van der Waals surface area contributed by atoms with Crippen LogP contribution in [0, 0.1) is 5.41 Å². The van der Waals surface area contributed by atoms with Crippen LogP contribution in [0.2, 0.25) is 0 Å². The molecular formula is C14H30N2O. The summed E-state index contributed by atoms with van der Waals surface area (Å²) in [5, 5.41) is 12.3. The lowest BCUT2D eigenvalue weighted by molar-refractivity contribution is 0.198. The molecule has 0 aromatic heterocycles. The lowest BCUT2D eigenvalue weighted by Gasteiger charge is -2.30. The Morgan fingerprint density at radius 1 is 1.24 bits per heavy atom. The Bertz CT molecular complexity index is 202. The Morgan fingerprint density at radius 2 is 1.94 bits per heavy atom. The standard InChI is InChI=1S/C14H30N2O/c1-14(2,11-15-13-7-8-13)12-16(3)9-5-4-6-10-17/h13,15,17H,4-12H2,1-3H3. The molecule has 0 bridgehead atoms. The van der Waals surface area contributed by atoms with Crippen LogP contribution in [0.1, 0.15) is 46.0 Å². The predicted octanol–water partition coefficient (Wildman–Crippen LogP) is 1.86. The maximum Gasteiger partial charge on any atom is 0.0431 e. The van der Waals surface area contributed by atoms with Crippen molar-refractivity contribution in [3.05, 3.63) is 0 Å². The summed E-state index contributed by atoms with van der Waals surface area (Å²) in [6.45, 7) is 8.43. The molecule has 1 aliphatic carbocycles. The third kappa shape index (κ3) is 7.74. The second-order valence-corrected chi connectivity index (χ2v) is 6.34. The number of nitrogens with zero attached hydrogens (tertiary/aromatic N) is 1. The number of hydrogen-bond donors (Lipinski definition) is 2. The molecule has 0 aromatic rings. The van der Waals surface area contributed by atoms with Crippen molar-refractivity contribution in [2.75, 3.05) is 33.3 Å². The molecule has 0 amide bonds. The van der Waals surface area contributed by atoms with Crippen LogP contribution in [0.15, 0.2) is 0 Å². The van der Waals surface area contributed by atoms with Crippen molar-refractivity contribution in [1.29, 1.82) is 0 Å². The quantitative estimate of drug-likeness (QED) is 0.574. The van der Waals surface area contributed by atoms with E-state index in [-0.39, 0.29) is 0 Å². The lowest BCUT2D eigenvalue weighted by Crippen LogP contribution is -2.40. The van der Waals surface area contributed by atoms with E-state index in [4.69, 9.17) is 5.11 Å². The van der Waals surface area contributed by atoms with E-state index in [0.717, 1.165) is 38.5 Å². The van der Waals surface area contributed by atoms with E-state index in [1.807, 2.05) is 0 Å². The molecule has 17 heavy (non-hydrogen) atoms. The van der Waals surface area contributed by atoms with E-state index in [0.29, 0.717) is 12.0 Å². The fraction of sp³-hybridized carbons (Fsp3) is 1.00. The monoisotopic (exact) mass is 242 g/mol. The molecule has 102 valence electrons. The fourth-order valence-electron chi connectivity index (χ4n) is 2.24. The summed E-state index contributed by atoms with van der Waals surface area (Å²) in [5.41, 5.74) is 0.355. The molecule has 0 aromatic carbocycles.